The molecule has 2 nitrogen and oxygen atoms in total. The molecule has 1 unspecified atom stereocenters. The molecule has 2 fully saturated rings. The second-order valence-electron chi connectivity index (χ2n) is 3.79. The molecule has 62 valence electrons. The van der Waals surface area contributed by atoms with Gasteiger partial charge in [-0.25, -0.2) is 0 Å². The van der Waals surface area contributed by atoms with E-state index in [4.69, 9.17) is 0 Å². The Morgan fingerprint density at radius 3 is 3.00 bits per heavy atom. The van der Waals surface area contributed by atoms with E-state index in [1.54, 1.807) is 0 Å². The van der Waals surface area contributed by atoms with Gasteiger partial charge in [-0.05, 0) is 25.2 Å². The van der Waals surface area contributed by atoms with Crippen molar-refractivity contribution >= 4 is 5.78 Å². The van der Waals surface area contributed by atoms with Crippen LogP contribution in [0.4, 0.5) is 0 Å². The highest BCUT2D eigenvalue weighted by atomic mass is 16.3. The zero-order valence-corrected chi connectivity index (χ0v) is 6.62. The number of fused-ring (bicyclic) bond motifs is 1. The summed E-state index contributed by atoms with van der Waals surface area (Å²) in [5.41, 5.74) is 0. The van der Waals surface area contributed by atoms with E-state index >= 15 is 0 Å². The van der Waals surface area contributed by atoms with Crippen molar-refractivity contribution < 1.29 is 9.90 Å². The molecule has 0 aromatic heterocycles. The Bertz CT molecular complexity index is 176. The number of Topliss-reactive ketones (excluding diaryl/α,β-unsaturated/α-hetero) is 1. The second kappa shape index (κ2) is 2.59. The first-order valence-electron chi connectivity index (χ1n) is 4.50. The van der Waals surface area contributed by atoms with Crippen LogP contribution in [0.2, 0.25) is 0 Å². The van der Waals surface area contributed by atoms with Crippen LogP contribution in [0.1, 0.15) is 32.1 Å². The lowest BCUT2D eigenvalue weighted by Gasteiger charge is -2.12. The minimum absolute atomic E-state index is 0.177. The van der Waals surface area contributed by atoms with Gasteiger partial charge in [0.25, 0.3) is 0 Å². The molecule has 0 radical (unpaired) electrons. The third-order valence-corrected chi connectivity index (χ3v) is 2.92. The number of rotatable bonds is 0. The third kappa shape index (κ3) is 1.32. The average molecular weight is 154 g/mol. The Hall–Kier alpha value is -0.370. The number of carbonyl (C=O) groups excluding carboxylic acids is 1. The lowest BCUT2D eigenvalue weighted by molar-refractivity contribution is -0.121. The van der Waals surface area contributed by atoms with E-state index in [1.165, 1.54) is 0 Å². The molecule has 0 aliphatic heterocycles. The van der Waals surface area contributed by atoms with Crippen LogP contribution in [0.3, 0.4) is 0 Å². The molecule has 0 saturated heterocycles. The Morgan fingerprint density at radius 1 is 1.36 bits per heavy atom. The van der Waals surface area contributed by atoms with E-state index in [1.807, 2.05) is 0 Å². The van der Waals surface area contributed by atoms with E-state index < -0.39 is 0 Å². The maximum atomic E-state index is 11.2. The van der Waals surface area contributed by atoms with Crippen LogP contribution in [-0.2, 0) is 4.79 Å². The largest absolute Gasteiger partial charge is 0.393 e. The first kappa shape index (κ1) is 7.29. The zero-order chi connectivity index (χ0) is 7.84. The summed E-state index contributed by atoms with van der Waals surface area (Å²) in [6.07, 6.45) is 4.46. The number of hydrogen-bond acceptors (Lipinski definition) is 2. The monoisotopic (exact) mass is 154 g/mol. The number of aliphatic hydroxyl groups is 1. The Kier molecular flexibility index (Phi) is 1.72. The van der Waals surface area contributed by atoms with Crippen LogP contribution in [0.5, 0.6) is 0 Å². The molecule has 0 aromatic rings. The van der Waals surface area contributed by atoms with Gasteiger partial charge in [-0.15, -0.1) is 0 Å². The van der Waals surface area contributed by atoms with Crippen molar-refractivity contribution in [3.63, 3.8) is 0 Å². The van der Waals surface area contributed by atoms with Crippen LogP contribution in [0.25, 0.3) is 0 Å². The molecule has 2 saturated carbocycles. The van der Waals surface area contributed by atoms with E-state index in [0.717, 1.165) is 32.1 Å². The van der Waals surface area contributed by atoms with Crippen molar-refractivity contribution in [3.05, 3.63) is 0 Å². The lowest BCUT2D eigenvalue weighted by Crippen LogP contribution is -2.16. The summed E-state index contributed by atoms with van der Waals surface area (Å²) >= 11 is 0. The fraction of sp³-hybridized carbons (Fsp3) is 0.889. The van der Waals surface area contributed by atoms with Gasteiger partial charge in [0.2, 0.25) is 0 Å². The van der Waals surface area contributed by atoms with Crippen molar-refractivity contribution in [2.45, 2.75) is 38.2 Å². The average Bonchev–Trinajstić information content (AvgIpc) is 2.73. The standard InChI is InChI=1S/C9H14O2/c10-8-3-1-2-4-9(11)7-5-6(7)8/h6-8,10H,1-5H2/t6-,7-,8?/m0/s1. The fourth-order valence-corrected chi connectivity index (χ4v) is 2.06. The maximum Gasteiger partial charge on any atom is 0.136 e. The normalized spacial score (nSPS) is 44.1. The Morgan fingerprint density at radius 2 is 2.18 bits per heavy atom. The van der Waals surface area contributed by atoms with Crippen molar-refractivity contribution in [1.82, 2.24) is 0 Å². The molecular formula is C9H14O2. The third-order valence-electron chi connectivity index (χ3n) is 2.92. The van der Waals surface area contributed by atoms with E-state index in [0.29, 0.717) is 11.7 Å². The van der Waals surface area contributed by atoms with Gasteiger partial charge in [0.15, 0.2) is 0 Å². The smallest absolute Gasteiger partial charge is 0.136 e. The van der Waals surface area contributed by atoms with Crippen LogP contribution < -0.4 is 0 Å². The predicted molar refractivity (Wildman–Crippen MR) is 41.1 cm³/mol. The number of carbonyl (C=O) groups is 1. The molecule has 0 heterocycles. The van der Waals surface area contributed by atoms with Gasteiger partial charge in [0.1, 0.15) is 5.78 Å². The summed E-state index contributed by atoms with van der Waals surface area (Å²) in [7, 11) is 0. The molecule has 0 aromatic carbocycles. The van der Waals surface area contributed by atoms with Gasteiger partial charge < -0.3 is 5.11 Å². The molecule has 1 N–H and O–H groups in total. The zero-order valence-electron chi connectivity index (χ0n) is 6.62. The predicted octanol–water partition coefficient (Wildman–Crippen LogP) is 1.13. The molecule has 3 atom stereocenters. The van der Waals surface area contributed by atoms with Gasteiger partial charge >= 0.3 is 0 Å². The first-order valence-corrected chi connectivity index (χ1v) is 4.50. The summed E-state index contributed by atoms with van der Waals surface area (Å²) in [5.74, 6) is 0.974. The van der Waals surface area contributed by atoms with Crippen LogP contribution in [0.15, 0.2) is 0 Å². The van der Waals surface area contributed by atoms with Gasteiger partial charge in [-0.2, -0.15) is 0 Å². The van der Waals surface area contributed by atoms with E-state index in [9.17, 15) is 9.90 Å². The Labute approximate surface area is 66.6 Å². The van der Waals surface area contributed by atoms with Gasteiger partial charge in [0.05, 0.1) is 6.10 Å². The van der Waals surface area contributed by atoms with Gasteiger partial charge in [-0.1, -0.05) is 6.42 Å². The molecule has 2 aliphatic rings. The molecular weight excluding hydrogens is 140 g/mol. The fourth-order valence-electron chi connectivity index (χ4n) is 2.06. The minimum atomic E-state index is -0.177. The SMILES string of the molecule is O=C1CCCCC(O)[C@H]2C[C@H]12. The van der Waals surface area contributed by atoms with Crippen LogP contribution >= 0.6 is 0 Å². The molecule has 2 heteroatoms. The van der Waals surface area contributed by atoms with Gasteiger partial charge in [0, 0.05) is 12.3 Å². The van der Waals surface area contributed by atoms with Crippen LogP contribution in [-0.4, -0.2) is 17.0 Å². The van der Waals surface area contributed by atoms with E-state index in [-0.39, 0.29) is 12.0 Å². The first-order chi connectivity index (χ1) is 5.29. The van der Waals surface area contributed by atoms with Crippen molar-refractivity contribution in [3.8, 4) is 0 Å². The van der Waals surface area contributed by atoms with E-state index in [2.05, 4.69) is 0 Å². The summed E-state index contributed by atoms with van der Waals surface area (Å²) in [6.45, 7) is 0. The lowest BCUT2D eigenvalue weighted by atomic mass is 9.98. The topological polar surface area (TPSA) is 37.3 Å². The second-order valence-corrected chi connectivity index (χ2v) is 3.79. The highest BCUT2D eigenvalue weighted by Crippen LogP contribution is 2.45. The van der Waals surface area contributed by atoms with Crippen molar-refractivity contribution in [1.29, 1.82) is 0 Å². The highest BCUT2D eigenvalue weighted by molar-refractivity contribution is 5.83. The van der Waals surface area contributed by atoms with Crippen LogP contribution in [0, 0.1) is 11.8 Å². The minimum Gasteiger partial charge on any atom is -0.393 e. The van der Waals surface area contributed by atoms with Gasteiger partial charge in [-0.3, -0.25) is 4.79 Å². The Balaban J connectivity index is 2.00. The summed E-state index contributed by atoms with van der Waals surface area (Å²) < 4.78 is 0. The molecule has 2 aliphatic carbocycles. The number of aliphatic hydroxyl groups excluding tert-OH is 1. The molecule has 0 bridgehead atoms. The highest BCUT2D eigenvalue weighted by Gasteiger charge is 2.46. The molecule has 0 spiro atoms. The number of hydrogen-bond donors (Lipinski definition) is 1. The maximum absolute atomic E-state index is 11.2. The molecule has 11 heavy (non-hydrogen) atoms. The van der Waals surface area contributed by atoms with Crippen molar-refractivity contribution in [2.75, 3.05) is 0 Å². The van der Waals surface area contributed by atoms with Crippen molar-refractivity contribution in [2.24, 2.45) is 11.8 Å². The number of ketones is 1. The molecule has 0 amide bonds. The summed E-state index contributed by atoms with van der Waals surface area (Å²) in [5, 5.41) is 9.49. The summed E-state index contributed by atoms with van der Waals surface area (Å²) in [6, 6.07) is 0. The summed E-state index contributed by atoms with van der Waals surface area (Å²) in [4.78, 5) is 11.2. The quantitative estimate of drug-likeness (QED) is 0.568. The molecule has 2 rings (SSSR count).